The van der Waals surface area contributed by atoms with Gasteiger partial charge in [0.2, 0.25) is 0 Å². The van der Waals surface area contributed by atoms with E-state index in [1.807, 2.05) is 32.0 Å². The predicted molar refractivity (Wildman–Crippen MR) is 82.1 cm³/mol. The van der Waals surface area contributed by atoms with Crippen LogP contribution in [0.4, 0.5) is 0 Å². The van der Waals surface area contributed by atoms with E-state index in [-0.39, 0.29) is 5.41 Å². The van der Waals surface area contributed by atoms with Crippen molar-refractivity contribution in [3.63, 3.8) is 0 Å². The number of benzene rings is 1. The largest absolute Gasteiger partial charge is 0.494 e. The Bertz CT molecular complexity index is 519. The molecule has 20 heavy (non-hydrogen) atoms. The van der Waals surface area contributed by atoms with Crippen molar-refractivity contribution in [1.82, 2.24) is 0 Å². The molecule has 0 spiro atoms. The number of ether oxygens (including phenoxy) is 2. The van der Waals surface area contributed by atoms with Crippen molar-refractivity contribution in [1.29, 1.82) is 5.26 Å². The summed E-state index contributed by atoms with van der Waals surface area (Å²) >= 11 is 0. The molecule has 0 unspecified atom stereocenters. The van der Waals surface area contributed by atoms with E-state index in [2.05, 4.69) is 20.8 Å². The molecule has 0 aliphatic carbocycles. The fraction of sp³-hybridized carbons (Fsp3) is 0.471. The summed E-state index contributed by atoms with van der Waals surface area (Å²) in [5.74, 6) is 1.63. The maximum Gasteiger partial charge on any atom is 0.130 e. The fourth-order valence-corrected chi connectivity index (χ4v) is 1.99. The summed E-state index contributed by atoms with van der Waals surface area (Å²) in [6, 6.07) is 5.96. The second-order valence-corrected chi connectivity index (χ2v) is 5.47. The van der Waals surface area contributed by atoms with Crippen LogP contribution in [0.25, 0.3) is 6.08 Å². The van der Waals surface area contributed by atoms with Gasteiger partial charge < -0.3 is 9.47 Å². The van der Waals surface area contributed by atoms with E-state index in [9.17, 15) is 0 Å². The first-order valence-electron chi connectivity index (χ1n) is 6.94. The Morgan fingerprint density at radius 2 is 1.80 bits per heavy atom. The Hall–Kier alpha value is -1.95. The zero-order chi connectivity index (χ0) is 15.2. The summed E-state index contributed by atoms with van der Waals surface area (Å²) < 4.78 is 11.4. The van der Waals surface area contributed by atoms with Crippen molar-refractivity contribution in [3.8, 4) is 17.6 Å². The number of nitriles is 1. The minimum atomic E-state index is -0.0627. The van der Waals surface area contributed by atoms with Crippen LogP contribution in [-0.2, 0) is 5.41 Å². The number of allylic oxidation sites excluding steroid dienone is 1. The molecule has 3 nitrogen and oxygen atoms in total. The minimum Gasteiger partial charge on any atom is -0.494 e. The SMILES string of the molecule is CCOc1cc(C=CC#N)c(OCC)c(C(C)(C)C)c1. The number of nitrogens with zero attached hydrogens (tertiary/aromatic N) is 1. The third-order valence-electron chi connectivity index (χ3n) is 2.84. The van der Waals surface area contributed by atoms with Crippen molar-refractivity contribution in [2.75, 3.05) is 13.2 Å². The molecule has 1 rings (SSSR count). The quantitative estimate of drug-likeness (QED) is 0.750. The molecule has 108 valence electrons. The molecule has 0 atom stereocenters. The van der Waals surface area contributed by atoms with Gasteiger partial charge in [-0.25, -0.2) is 0 Å². The third-order valence-corrected chi connectivity index (χ3v) is 2.84. The van der Waals surface area contributed by atoms with Crippen LogP contribution in [0.15, 0.2) is 18.2 Å². The van der Waals surface area contributed by atoms with Gasteiger partial charge in [0.25, 0.3) is 0 Å². The molecule has 3 heteroatoms. The molecule has 0 heterocycles. The van der Waals surface area contributed by atoms with Crippen LogP contribution in [0.2, 0.25) is 0 Å². The lowest BCUT2D eigenvalue weighted by molar-refractivity contribution is 0.320. The normalized spacial score (nSPS) is 11.4. The van der Waals surface area contributed by atoms with Crippen LogP contribution >= 0.6 is 0 Å². The van der Waals surface area contributed by atoms with Gasteiger partial charge in [0.1, 0.15) is 11.5 Å². The first-order chi connectivity index (χ1) is 9.43. The smallest absolute Gasteiger partial charge is 0.130 e. The average molecular weight is 273 g/mol. The Morgan fingerprint density at radius 1 is 1.15 bits per heavy atom. The summed E-state index contributed by atoms with van der Waals surface area (Å²) in [6.07, 6.45) is 3.22. The Kier molecular flexibility index (Phi) is 5.64. The summed E-state index contributed by atoms with van der Waals surface area (Å²) in [7, 11) is 0. The zero-order valence-corrected chi connectivity index (χ0v) is 13.0. The molecular weight excluding hydrogens is 250 g/mol. The topological polar surface area (TPSA) is 42.2 Å². The van der Waals surface area contributed by atoms with Gasteiger partial charge in [-0.3, -0.25) is 0 Å². The van der Waals surface area contributed by atoms with Crippen molar-refractivity contribution >= 4 is 6.08 Å². The molecule has 1 aromatic rings. The van der Waals surface area contributed by atoms with Crippen LogP contribution < -0.4 is 9.47 Å². The average Bonchev–Trinajstić information content (AvgIpc) is 2.37. The highest BCUT2D eigenvalue weighted by atomic mass is 16.5. The first-order valence-corrected chi connectivity index (χ1v) is 6.94. The standard InChI is InChI=1S/C17H23NO2/c1-6-19-14-11-13(9-8-10-18)16(20-7-2)15(12-14)17(3,4)5/h8-9,11-12H,6-7H2,1-5H3. The lowest BCUT2D eigenvalue weighted by Gasteiger charge is -2.25. The molecule has 0 aliphatic heterocycles. The summed E-state index contributed by atoms with van der Waals surface area (Å²) in [4.78, 5) is 0. The Morgan fingerprint density at radius 3 is 2.30 bits per heavy atom. The molecule has 0 amide bonds. The molecule has 0 aliphatic rings. The second kappa shape index (κ2) is 7.00. The Labute approximate surface area is 121 Å². The predicted octanol–water partition coefficient (Wildman–Crippen LogP) is 4.32. The van der Waals surface area contributed by atoms with Crippen LogP contribution in [0, 0.1) is 11.3 Å². The monoisotopic (exact) mass is 273 g/mol. The van der Waals surface area contributed by atoms with Crippen LogP contribution in [0.5, 0.6) is 11.5 Å². The number of hydrogen-bond acceptors (Lipinski definition) is 3. The summed E-state index contributed by atoms with van der Waals surface area (Å²) in [5.41, 5.74) is 1.90. The highest BCUT2D eigenvalue weighted by molar-refractivity contribution is 5.65. The lowest BCUT2D eigenvalue weighted by atomic mass is 9.85. The van der Waals surface area contributed by atoms with Crippen LogP contribution in [0.3, 0.4) is 0 Å². The molecule has 0 aromatic heterocycles. The summed E-state index contributed by atoms with van der Waals surface area (Å²) in [5, 5.41) is 8.74. The van der Waals surface area contributed by atoms with E-state index in [1.54, 1.807) is 6.08 Å². The highest BCUT2D eigenvalue weighted by Gasteiger charge is 2.22. The van der Waals surface area contributed by atoms with Gasteiger partial charge in [-0.15, -0.1) is 0 Å². The minimum absolute atomic E-state index is 0.0627. The van der Waals surface area contributed by atoms with Gasteiger partial charge in [-0.05, 0) is 37.5 Å². The molecule has 0 fully saturated rings. The van der Waals surface area contributed by atoms with Gasteiger partial charge in [-0.1, -0.05) is 20.8 Å². The first kappa shape index (κ1) is 16.1. The molecule has 1 aromatic carbocycles. The molecular formula is C17H23NO2. The van der Waals surface area contributed by atoms with Crippen molar-refractivity contribution < 1.29 is 9.47 Å². The zero-order valence-electron chi connectivity index (χ0n) is 13.0. The maximum absolute atomic E-state index is 8.74. The van der Waals surface area contributed by atoms with Crippen LogP contribution in [-0.4, -0.2) is 13.2 Å². The van der Waals surface area contributed by atoms with Crippen LogP contribution in [0.1, 0.15) is 45.7 Å². The molecule has 0 saturated heterocycles. The van der Waals surface area contributed by atoms with Gasteiger partial charge >= 0.3 is 0 Å². The molecule has 0 bridgehead atoms. The van der Waals surface area contributed by atoms with E-state index in [0.29, 0.717) is 13.2 Å². The van der Waals surface area contributed by atoms with Gasteiger partial charge in [0.05, 0.1) is 19.3 Å². The van der Waals surface area contributed by atoms with E-state index < -0.39 is 0 Å². The molecule has 0 radical (unpaired) electrons. The van der Waals surface area contributed by atoms with Gasteiger partial charge in [0, 0.05) is 17.2 Å². The van der Waals surface area contributed by atoms with E-state index >= 15 is 0 Å². The third kappa shape index (κ3) is 4.03. The Balaban J connectivity index is 3.49. The van der Waals surface area contributed by atoms with Gasteiger partial charge in [0.15, 0.2) is 0 Å². The van der Waals surface area contributed by atoms with Crippen molar-refractivity contribution in [2.24, 2.45) is 0 Å². The number of hydrogen-bond donors (Lipinski definition) is 0. The van der Waals surface area contributed by atoms with E-state index in [0.717, 1.165) is 22.6 Å². The van der Waals surface area contributed by atoms with Crippen molar-refractivity contribution in [3.05, 3.63) is 29.3 Å². The molecule has 0 saturated carbocycles. The van der Waals surface area contributed by atoms with Gasteiger partial charge in [-0.2, -0.15) is 5.26 Å². The lowest BCUT2D eigenvalue weighted by Crippen LogP contribution is -2.15. The van der Waals surface area contributed by atoms with E-state index in [4.69, 9.17) is 14.7 Å². The summed E-state index contributed by atoms with van der Waals surface area (Å²) in [6.45, 7) is 11.5. The van der Waals surface area contributed by atoms with Crippen molar-refractivity contribution in [2.45, 2.75) is 40.0 Å². The molecule has 0 N–H and O–H groups in total. The maximum atomic E-state index is 8.74. The number of rotatable bonds is 5. The van der Waals surface area contributed by atoms with E-state index in [1.165, 1.54) is 6.08 Å². The second-order valence-electron chi connectivity index (χ2n) is 5.47. The fourth-order valence-electron chi connectivity index (χ4n) is 1.99. The highest BCUT2D eigenvalue weighted by Crippen LogP contribution is 2.38.